The molecule has 0 fully saturated rings. The number of carbonyl (C=O) groups excluding carboxylic acids is 2. The highest BCUT2D eigenvalue weighted by molar-refractivity contribution is 5.96. The summed E-state index contributed by atoms with van der Waals surface area (Å²) in [7, 11) is 0. The van der Waals surface area contributed by atoms with Gasteiger partial charge in [-0.05, 0) is 42.5 Å². The maximum absolute atomic E-state index is 12.1. The summed E-state index contributed by atoms with van der Waals surface area (Å²) in [5.41, 5.74) is 3.12. The van der Waals surface area contributed by atoms with Gasteiger partial charge < -0.3 is 10.6 Å². The molecule has 0 saturated heterocycles. The standard InChI is InChI=1S/C19H21N3O2/c23-18(21-11-9-14-4-3-10-20-13-14)8-7-16-12-15-5-1-2-6-17(15)22-19(16)24/h1-6,10,13,16H,7-9,11-12H2,(H,21,23)(H,22,24)/t16-/m0/s1. The second-order valence-electron chi connectivity index (χ2n) is 6.05. The zero-order valence-electron chi connectivity index (χ0n) is 13.5. The topological polar surface area (TPSA) is 71.1 Å². The highest BCUT2D eigenvalue weighted by Gasteiger charge is 2.26. The highest BCUT2D eigenvalue weighted by Crippen LogP contribution is 2.27. The minimum atomic E-state index is -0.135. The van der Waals surface area contributed by atoms with Crippen LogP contribution in [0.25, 0.3) is 0 Å². The highest BCUT2D eigenvalue weighted by atomic mass is 16.2. The van der Waals surface area contributed by atoms with Crippen LogP contribution in [0, 0.1) is 5.92 Å². The summed E-state index contributed by atoms with van der Waals surface area (Å²) in [6.45, 7) is 0.588. The Kier molecular flexibility index (Phi) is 5.21. The smallest absolute Gasteiger partial charge is 0.227 e. The van der Waals surface area contributed by atoms with Gasteiger partial charge in [0, 0.05) is 37.0 Å². The van der Waals surface area contributed by atoms with E-state index >= 15 is 0 Å². The summed E-state index contributed by atoms with van der Waals surface area (Å²) < 4.78 is 0. The van der Waals surface area contributed by atoms with Gasteiger partial charge in [0.1, 0.15) is 0 Å². The molecule has 3 rings (SSSR count). The number of para-hydroxylation sites is 1. The number of nitrogens with zero attached hydrogens (tertiary/aromatic N) is 1. The number of hydrogen-bond acceptors (Lipinski definition) is 3. The molecule has 1 atom stereocenters. The number of nitrogens with one attached hydrogen (secondary N) is 2. The van der Waals surface area contributed by atoms with Crippen LogP contribution in [0.1, 0.15) is 24.0 Å². The second-order valence-corrected chi connectivity index (χ2v) is 6.05. The molecule has 5 nitrogen and oxygen atoms in total. The fourth-order valence-electron chi connectivity index (χ4n) is 2.93. The van der Waals surface area contributed by atoms with Gasteiger partial charge in [0.2, 0.25) is 11.8 Å². The molecule has 0 aliphatic carbocycles. The lowest BCUT2D eigenvalue weighted by atomic mass is 9.89. The molecule has 0 unspecified atom stereocenters. The van der Waals surface area contributed by atoms with Crippen molar-refractivity contribution in [3.8, 4) is 0 Å². The Bertz CT molecular complexity index is 716. The van der Waals surface area contributed by atoms with Gasteiger partial charge in [-0.15, -0.1) is 0 Å². The van der Waals surface area contributed by atoms with E-state index in [1.165, 1.54) is 0 Å². The fraction of sp³-hybridized carbons (Fsp3) is 0.316. The van der Waals surface area contributed by atoms with E-state index < -0.39 is 0 Å². The van der Waals surface area contributed by atoms with Gasteiger partial charge in [-0.25, -0.2) is 0 Å². The number of pyridine rings is 1. The van der Waals surface area contributed by atoms with E-state index in [0.717, 1.165) is 23.2 Å². The molecule has 2 aromatic rings. The molecule has 0 spiro atoms. The molecule has 0 saturated carbocycles. The van der Waals surface area contributed by atoms with Crippen molar-refractivity contribution in [2.45, 2.75) is 25.7 Å². The quantitative estimate of drug-likeness (QED) is 0.857. The first-order valence-corrected chi connectivity index (χ1v) is 8.27. The van der Waals surface area contributed by atoms with Gasteiger partial charge in [-0.2, -0.15) is 0 Å². The third-order valence-electron chi connectivity index (χ3n) is 4.29. The molecule has 1 aliphatic rings. The average Bonchev–Trinajstić information content (AvgIpc) is 2.61. The van der Waals surface area contributed by atoms with Crippen LogP contribution in [0.5, 0.6) is 0 Å². The molecule has 1 aromatic carbocycles. The van der Waals surface area contributed by atoms with Crippen LogP contribution in [0.2, 0.25) is 0 Å². The van der Waals surface area contributed by atoms with Crippen LogP contribution in [-0.2, 0) is 22.4 Å². The van der Waals surface area contributed by atoms with Crippen molar-refractivity contribution in [2.24, 2.45) is 5.92 Å². The van der Waals surface area contributed by atoms with E-state index in [4.69, 9.17) is 0 Å². The van der Waals surface area contributed by atoms with Gasteiger partial charge >= 0.3 is 0 Å². The molecule has 0 bridgehead atoms. The molecule has 0 radical (unpaired) electrons. The molecule has 2 N–H and O–H groups in total. The van der Waals surface area contributed by atoms with E-state index in [1.807, 2.05) is 36.4 Å². The summed E-state index contributed by atoms with van der Waals surface area (Å²) in [5, 5.41) is 5.83. The number of aromatic nitrogens is 1. The van der Waals surface area contributed by atoms with Crippen molar-refractivity contribution in [3.05, 3.63) is 59.9 Å². The molecule has 5 heteroatoms. The van der Waals surface area contributed by atoms with Gasteiger partial charge in [0.05, 0.1) is 0 Å². The van der Waals surface area contributed by atoms with Gasteiger partial charge in [-0.3, -0.25) is 14.6 Å². The average molecular weight is 323 g/mol. The third kappa shape index (κ3) is 4.19. The van der Waals surface area contributed by atoms with E-state index in [0.29, 0.717) is 25.8 Å². The molecule has 1 aliphatic heterocycles. The lowest BCUT2D eigenvalue weighted by Crippen LogP contribution is -2.32. The van der Waals surface area contributed by atoms with Crippen molar-refractivity contribution in [1.82, 2.24) is 10.3 Å². The molecular weight excluding hydrogens is 302 g/mol. The van der Waals surface area contributed by atoms with Crippen LogP contribution in [0.15, 0.2) is 48.8 Å². The lowest BCUT2D eigenvalue weighted by molar-refractivity contribution is -0.122. The largest absolute Gasteiger partial charge is 0.356 e. The van der Waals surface area contributed by atoms with Crippen molar-refractivity contribution >= 4 is 17.5 Å². The number of fused-ring (bicyclic) bond motifs is 1. The Hall–Kier alpha value is -2.69. The van der Waals surface area contributed by atoms with E-state index in [1.54, 1.807) is 12.4 Å². The predicted octanol–water partition coefficient (Wildman–Crippen LogP) is 2.33. The minimum absolute atomic E-state index is 0.00875. The first-order chi connectivity index (χ1) is 11.7. The van der Waals surface area contributed by atoms with Gasteiger partial charge in [0.15, 0.2) is 0 Å². The van der Waals surface area contributed by atoms with Crippen molar-refractivity contribution in [1.29, 1.82) is 0 Å². The van der Waals surface area contributed by atoms with Crippen LogP contribution >= 0.6 is 0 Å². The Morgan fingerprint density at radius 1 is 1.25 bits per heavy atom. The van der Waals surface area contributed by atoms with Crippen molar-refractivity contribution < 1.29 is 9.59 Å². The fourth-order valence-corrected chi connectivity index (χ4v) is 2.93. The Labute approximate surface area is 141 Å². The number of amides is 2. The summed E-state index contributed by atoms with van der Waals surface area (Å²) in [5.74, 6) is -0.133. The number of anilines is 1. The molecule has 24 heavy (non-hydrogen) atoms. The molecule has 124 valence electrons. The SMILES string of the molecule is O=C(CC[C@H]1Cc2ccccc2NC1=O)NCCc1cccnc1. The number of carbonyl (C=O) groups is 2. The summed E-state index contributed by atoms with van der Waals surface area (Å²) in [6, 6.07) is 11.7. The van der Waals surface area contributed by atoms with Crippen LogP contribution < -0.4 is 10.6 Å². The van der Waals surface area contributed by atoms with E-state index in [9.17, 15) is 9.59 Å². The lowest BCUT2D eigenvalue weighted by Gasteiger charge is -2.24. The number of hydrogen-bond donors (Lipinski definition) is 2. The second kappa shape index (κ2) is 7.73. The molecule has 2 heterocycles. The maximum Gasteiger partial charge on any atom is 0.227 e. The van der Waals surface area contributed by atoms with Crippen molar-refractivity contribution in [3.63, 3.8) is 0 Å². The first kappa shape index (κ1) is 16.2. The normalized spacial score (nSPS) is 16.2. The Morgan fingerprint density at radius 2 is 2.12 bits per heavy atom. The van der Waals surface area contributed by atoms with Gasteiger partial charge in [0.25, 0.3) is 0 Å². The van der Waals surface area contributed by atoms with Crippen LogP contribution in [-0.4, -0.2) is 23.3 Å². The predicted molar refractivity (Wildman–Crippen MR) is 92.5 cm³/mol. The van der Waals surface area contributed by atoms with Crippen LogP contribution in [0.3, 0.4) is 0 Å². The number of benzene rings is 1. The molecule has 2 amide bonds. The minimum Gasteiger partial charge on any atom is -0.356 e. The third-order valence-corrected chi connectivity index (χ3v) is 4.29. The zero-order chi connectivity index (χ0) is 16.8. The van der Waals surface area contributed by atoms with Gasteiger partial charge in [-0.1, -0.05) is 24.3 Å². The van der Waals surface area contributed by atoms with Crippen molar-refractivity contribution in [2.75, 3.05) is 11.9 Å². The first-order valence-electron chi connectivity index (χ1n) is 8.27. The monoisotopic (exact) mass is 323 g/mol. The molecular formula is C19H21N3O2. The summed E-state index contributed by atoms with van der Waals surface area (Å²) in [6.07, 6.45) is 5.93. The van der Waals surface area contributed by atoms with Crippen LogP contribution in [0.4, 0.5) is 5.69 Å². The Balaban J connectivity index is 1.42. The maximum atomic E-state index is 12.1. The summed E-state index contributed by atoms with van der Waals surface area (Å²) >= 11 is 0. The Morgan fingerprint density at radius 3 is 2.96 bits per heavy atom. The summed E-state index contributed by atoms with van der Waals surface area (Å²) in [4.78, 5) is 28.1. The number of rotatable bonds is 6. The van der Waals surface area contributed by atoms with E-state index in [2.05, 4.69) is 15.6 Å². The van der Waals surface area contributed by atoms with E-state index in [-0.39, 0.29) is 17.7 Å². The zero-order valence-corrected chi connectivity index (χ0v) is 13.5. The molecule has 1 aromatic heterocycles.